The molecular formula is C12H17ClN4O2. The van der Waals surface area contributed by atoms with E-state index in [0.717, 1.165) is 5.56 Å². The summed E-state index contributed by atoms with van der Waals surface area (Å²) in [7, 11) is 0. The summed E-state index contributed by atoms with van der Waals surface area (Å²) in [5.74, 6) is -0.286. The van der Waals surface area contributed by atoms with E-state index in [4.69, 9.17) is 28.3 Å². The van der Waals surface area contributed by atoms with E-state index in [1.807, 2.05) is 0 Å². The predicted octanol–water partition coefficient (Wildman–Crippen LogP) is 0.790. The zero-order chi connectivity index (χ0) is 14.3. The smallest absolute Gasteiger partial charge is 0.217 e. The molecule has 0 spiro atoms. The summed E-state index contributed by atoms with van der Waals surface area (Å²) in [6.45, 7) is 1.26. The molecule has 1 amide bonds. The molecule has 6 N–H and O–H groups in total. The van der Waals surface area contributed by atoms with Gasteiger partial charge in [0, 0.05) is 23.6 Å². The highest BCUT2D eigenvalue weighted by Crippen LogP contribution is 2.17. The Morgan fingerprint density at radius 3 is 2.74 bits per heavy atom. The summed E-state index contributed by atoms with van der Waals surface area (Å²) in [6, 6.07) is 5.16. The molecule has 1 aromatic carbocycles. The molecule has 1 aromatic rings. The van der Waals surface area contributed by atoms with Crippen molar-refractivity contribution in [3.05, 3.63) is 34.3 Å². The fourth-order valence-electron chi connectivity index (χ4n) is 1.52. The van der Waals surface area contributed by atoms with Gasteiger partial charge < -0.3 is 22.0 Å². The molecule has 0 fully saturated rings. The average molecular weight is 285 g/mol. The zero-order valence-corrected chi connectivity index (χ0v) is 11.2. The molecule has 0 unspecified atom stereocenters. The van der Waals surface area contributed by atoms with Crippen molar-refractivity contribution in [2.24, 2.45) is 16.6 Å². The average Bonchev–Trinajstić information content (AvgIpc) is 2.38. The molecule has 0 aliphatic heterocycles. The second kappa shape index (κ2) is 7.60. The molecule has 0 aromatic heterocycles. The van der Waals surface area contributed by atoms with Crippen LogP contribution in [0.15, 0.2) is 23.4 Å². The Kier molecular flexibility index (Phi) is 6.11. The number of amides is 1. The van der Waals surface area contributed by atoms with Gasteiger partial charge in [-0.3, -0.25) is 4.79 Å². The summed E-state index contributed by atoms with van der Waals surface area (Å²) in [5, 5.41) is 15.2. The van der Waals surface area contributed by atoms with E-state index < -0.39 is 0 Å². The minimum Gasteiger partial charge on any atom is -0.409 e. The number of hydrogen-bond acceptors (Lipinski definition) is 4. The molecule has 6 nitrogen and oxygen atoms in total. The Morgan fingerprint density at radius 2 is 2.16 bits per heavy atom. The molecule has 0 saturated carbocycles. The largest absolute Gasteiger partial charge is 0.409 e. The van der Waals surface area contributed by atoms with E-state index in [1.54, 1.807) is 18.2 Å². The van der Waals surface area contributed by atoms with Crippen molar-refractivity contribution in [3.63, 3.8) is 0 Å². The van der Waals surface area contributed by atoms with Crippen LogP contribution in [-0.2, 0) is 11.3 Å². The standard InChI is InChI=1S/C12H17ClN4O2/c13-10-6-8(12(15)17-19)3-4-9(10)7-16-5-1-2-11(14)18/h3-4,6,16,19H,1-2,5,7H2,(H2,14,18)(H2,15,17). The molecule has 0 aliphatic rings. The lowest BCUT2D eigenvalue weighted by atomic mass is 10.1. The third-order valence-electron chi connectivity index (χ3n) is 2.55. The number of nitrogens with zero attached hydrogens (tertiary/aromatic N) is 1. The Morgan fingerprint density at radius 1 is 1.42 bits per heavy atom. The second-order valence-electron chi connectivity index (χ2n) is 4.04. The van der Waals surface area contributed by atoms with Gasteiger partial charge in [0.1, 0.15) is 0 Å². The highest BCUT2D eigenvalue weighted by Gasteiger charge is 2.05. The van der Waals surface area contributed by atoms with Gasteiger partial charge in [-0.2, -0.15) is 0 Å². The van der Waals surface area contributed by atoms with Crippen LogP contribution in [-0.4, -0.2) is 23.5 Å². The van der Waals surface area contributed by atoms with Crippen molar-refractivity contribution in [3.8, 4) is 0 Å². The topological polar surface area (TPSA) is 114 Å². The number of amidine groups is 1. The summed E-state index contributed by atoms with van der Waals surface area (Å²) < 4.78 is 0. The third-order valence-corrected chi connectivity index (χ3v) is 2.90. The second-order valence-corrected chi connectivity index (χ2v) is 4.45. The van der Waals surface area contributed by atoms with Gasteiger partial charge in [0.05, 0.1) is 0 Å². The monoisotopic (exact) mass is 284 g/mol. The third kappa shape index (κ3) is 5.15. The molecular weight excluding hydrogens is 268 g/mol. The van der Waals surface area contributed by atoms with Gasteiger partial charge in [-0.05, 0) is 24.6 Å². The number of benzene rings is 1. The molecule has 0 radical (unpaired) electrons. The van der Waals surface area contributed by atoms with Gasteiger partial charge >= 0.3 is 0 Å². The molecule has 0 aliphatic carbocycles. The Hall–Kier alpha value is -1.79. The lowest BCUT2D eigenvalue weighted by Crippen LogP contribution is -2.18. The first kappa shape index (κ1) is 15.3. The lowest BCUT2D eigenvalue weighted by molar-refractivity contribution is -0.118. The van der Waals surface area contributed by atoms with Crippen LogP contribution in [0.4, 0.5) is 0 Å². The van der Waals surface area contributed by atoms with Crippen LogP contribution in [0.5, 0.6) is 0 Å². The van der Waals surface area contributed by atoms with Crippen LogP contribution in [0.3, 0.4) is 0 Å². The first-order valence-electron chi connectivity index (χ1n) is 5.80. The summed E-state index contributed by atoms with van der Waals surface area (Å²) in [6.07, 6.45) is 1.05. The Labute approximate surface area is 116 Å². The highest BCUT2D eigenvalue weighted by molar-refractivity contribution is 6.31. The van der Waals surface area contributed by atoms with Gasteiger partial charge in [0.2, 0.25) is 5.91 Å². The van der Waals surface area contributed by atoms with Gasteiger partial charge in [-0.25, -0.2) is 0 Å². The molecule has 1 rings (SSSR count). The molecule has 0 heterocycles. The number of rotatable bonds is 7. The number of nitrogens with two attached hydrogens (primary N) is 2. The first-order valence-corrected chi connectivity index (χ1v) is 6.17. The van der Waals surface area contributed by atoms with E-state index in [0.29, 0.717) is 36.5 Å². The van der Waals surface area contributed by atoms with Gasteiger partial charge in [0.25, 0.3) is 0 Å². The van der Waals surface area contributed by atoms with Crippen molar-refractivity contribution >= 4 is 23.3 Å². The summed E-state index contributed by atoms with van der Waals surface area (Å²) >= 11 is 6.09. The van der Waals surface area contributed by atoms with Crippen molar-refractivity contribution < 1.29 is 10.0 Å². The van der Waals surface area contributed by atoms with Gasteiger partial charge in [0.15, 0.2) is 5.84 Å². The Bertz CT molecular complexity index is 477. The fourth-order valence-corrected chi connectivity index (χ4v) is 1.77. The van der Waals surface area contributed by atoms with E-state index >= 15 is 0 Å². The van der Waals surface area contributed by atoms with E-state index in [1.165, 1.54) is 0 Å². The van der Waals surface area contributed by atoms with Crippen LogP contribution in [0.1, 0.15) is 24.0 Å². The normalized spacial score (nSPS) is 11.5. The number of halogens is 1. The number of carbonyl (C=O) groups excluding carboxylic acids is 1. The Balaban J connectivity index is 2.49. The van der Waals surface area contributed by atoms with Crippen LogP contribution in [0.25, 0.3) is 0 Å². The predicted molar refractivity (Wildman–Crippen MR) is 74.1 cm³/mol. The SMILES string of the molecule is NC(=O)CCCNCc1ccc(/C(N)=N/O)cc1Cl. The van der Waals surface area contributed by atoms with Crippen molar-refractivity contribution in [2.45, 2.75) is 19.4 Å². The molecule has 0 bridgehead atoms. The minimum absolute atomic E-state index is 0.0165. The summed E-state index contributed by atoms with van der Waals surface area (Å²) in [4.78, 5) is 10.5. The molecule has 19 heavy (non-hydrogen) atoms. The fraction of sp³-hybridized carbons (Fsp3) is 0.333. The first-order chi connectivity index (χ1) is 9.04. The van der Waals surface area contributed by atoms with Crippen LogP contribution in [0.2, 0.25) is 5.02 Å². The van der Waals surface area contributed by atoms with Crippen molar-refractivity contribution in [2.75, 3.05) is 6.54 Å². The number of primary amides is 1. The maximum absolute atomic E-state index is 10.5. The number of nitrogens with one attached hydrogen (secondary N) is 1. The van der Waals surface area contributed by atoms with Crippen molar-refractivity contribution in [1.82, 2.24) is 5.32 Å². The molecule has 0 atom stereocenters. The highest BCUT2D eigenvalue weighted by atomic mass is 35.5. The molecule has 104 valence electrons. The van der Waals surface area contributed by atoms with Crippen LogP contribution < -0.4 is 16.8 Å². The lowest BCUT2D eigenvalue weighted by Gasteiger charge is -2.08. The maximum atomic E-state index is 10.5. The zero-order valence-electron chi connectivity index (χ0n) is 10.4. The van der Waals surface area contributed by atoms with Crippen LogP contribution in [0, 0.1) is 0 Å². The quantitative estimate of drug-likeness (QED) is 0.195. The van der Waals surface area contributed by atoms with E-state index in [2.05, 4.69) is 10.5 Å². The van der Waals surface area contributed by atoms with Gasteiger partial charge in [-0.15, -0.1) is 0 Å². The maximum Gasteiger partial charge on any atom is 0.217 e. The van der Waals surface area contributed by atoms with Crippen LogP contribution >= 0.6 is 11.6 Å². The van der Waals surface area contributed by atoms with E-state index in [9.17, 15) is 4.79 Å². The minimum atomic E-state index is -0.303. The van der Waals surface area contributed by atoms with E-state index in [-0.39, 0.29) is 11.7 Å². The summed E-state index contributed by atoms with van der Waals surface area (Å²) in [5.41, 5.74) is 12.0. The van der Waals surface area contributed by atoms with Crippen molar-refractivity contribution in [1.29, 1.82) is 0 Å². The number of oxime groups is 1. The van der Waals surface area contributed by atoms with Gasteiger partial charge in [-0.1, -0.05) is 28.9 Å². The molecule has 7 heteroatoms. The number of carbonyl (C=O) groups is 1. The molecule has 0 saturated heterocycles. The number of hydrogen-bond donors (Lipinski definition) is 4.